The molecule has 0 bridgehead atoms. The first-order valence-electron chi connectivity index (χ1n) is 16.1. The van der Waals surface area contributed by atoms with E-state index in [9.17, 15) is 0 Å². The Bertz CT molecular complexity index is 1060. The number of nitrogens with zero attached hydrogens (tertiary/aromatic N) is 2. The predicted octanol–water partition coefficient (Wildman–Crippen LogP) is 11.1. The van der Waals surface area contributed by atoms with E-state index in [1.54, 1.807) is 0 Å². The zero-order chi connectivity index (χ0) is 32.2. The summed E-state index contributed by atoms with van der Waals surface area (Å²) in [6.07, 6.45) is 0. The van der Waals surface area contributed by atoms with E-state index >= 15 is 0 Å². The molecule has 6 heteroatoms. The van der Waals surface area contributed by atoms with Crippen molar-refractivity contribution in [2.24, 2.45) is 0 Å². The zero-order valence-corrected chi connectivity index (χ0v) is 33.4. The van der Waals surface area contributed by atoms with Crippen molar-refractivity contribution in [2.45, 2.75) is 131 Å². The Hall–Kier alpha value is -1.42. The fourth-order valence-corrected chi connectivity index (χ4v) is 12.0. The maximum Gasteiger partial charge on any atom is 0.198 e. The third-order valence-corrected chi connectivity index (χ3v) is 14.9. The molecule has 0 N–H and O–H groups in total. The SMILES string of the molecule is C=C[Si](C)(C)O[Si](C)(C)C=C.CC(C)c1cccc(C(C)C)c1N1CN(c2c(C(C)C)cccc2C(C)C)C(C)C1C.[Pd]. The van der Waals surface area contributed by atoms with Gasteiger partial charge < -0.3 is 13.9 Å². The van der Waals surface area contributed by atoms with Gasteiger partial charge in [-0.15, -0.1) is 13.2 Å². The van der Waals surface area contributed by atoms with Crippen molar-refractivity contribution >= 4 is 28.0 Å². The molecule has 0 radical (unpaired) electrons. The summed E-state index contributed by atoms with van der Waals surface area (Å²) in [5.41, 5.74) is 12.8. The van der Waals surface area contributed by atoms with Crippen molar-refractivity contribution in [2.75, 3.05) is 16.5 Å². The minimum Gasteiger partial charge on any atom is -0.449 e. The Morgan fingerprint density at radius 1 is 0.628 bits per heavy atom. The molecular formula is C37H62N2OPdSi2. The van der Waals surface area contributed by atoms with E-state index in [4.69, 9.17) is 4.12 Å². The second kappa shape index (κ2) is 16.2. The number of anilines is 2. The molecule has 0 aromatic heterocycles. The normalized spacial score (nSPS) is 17.3. The summed E-state index contributed by atoms with van der Waals surface area (Å²) in [4.78, 5) is 5.38. The Kier molecular flexibility index (Phi) is 14.9. The molecule has 1 heterocycles. The molecule has 0 aliphatic carbocycles. The first-order chi connectivity index (χ1) is 19.4. The van der Waals surface area contributed by atoms with Crippen molar-refractivity contribution in [3.05, 3.63) is 83.2 Å². The fourth-order valence-electron chi connectivity index (χ4n) is 5.94. The average Bonchev–Trinajstić information content (AvgIpc) is 3.20. The number of para-hydroxylation sites is 2. The van der Waals surface area contributed by atoms with Gasteiger partial charge in [0.05, 0.1) is 6.67 Å². The number of hydrogen-bond acceptors (Lipinski definition) is 3. The molecule has 1 saturated heterocycles. The largest absolute Gasteiger partial charge is 0.449 e. The monoisotopic (exact) mass is 712 g/mol. The smallest absolute Gasteiger partial charge is 0.198 e. The quantitative estimate of drug-likeness (QED) is 0.228. The molecule has 43 heavy (non-hydrogen) atoms. The van der Waals surface area contributed by atoms with Crippen molar-refractivity contribution < 1.29 is 24.5 Å². The van der Waals surface area contributed by atoms with Crippen LogP contribution in [0.1, 0.15) is 115 Å². The number of rotatable bonds is 10. The van der Waals surface area contributed by atoms with Crippen LogP contribution in [0, 0.1) is 0 Å². The molecule has 0 spiro atoms. The minimum atomic E-state index is -1.58. The van der Waals surface area contributed by atoms with Gasteiger partial charge in [-0.3, -0.25) is 0 Å². The number of benzene rings is 2. The molecule has 1 aliphatic rings. The zero-order valence-electron chi connectivity index (χ0n) is 29.8. The molecule has 0 saturated carbocycles. The topological polar surface area (TPSA) is 15.7 Å². The van der Waals surface area contributed by atoms with Gasteiger partial charge in [-0.2, -0.15) is 0 Å². The molecule has 2 unspecified atom stereocenters. The van der Waals surface area contributed by atoms with Crippen LogP contribution >= 0.6 is 0 Å². The van der Waals surface area contributed by atoms with Gasteiger partial charge in [0.15, 0.2) is 16.6 Å². The van der Waals surface area contributed by atoms with Crippen molar-refractivity contribution in [3.63, 3.8) is 0 Å². The summed E-state index contributed by atoms with van der Waals surface area (Å²) in [6, 6.07) is 14.8. The van der Waals surface area contributed by atoms with Crippen LogP contribution in [0.2, 0.25) is 26.2 Å². The average molecular weight is 714 g/mol. The molecule has 1 fully saturated rings. The molecule has 2 aromatic rings. The molecule has 1 aliphatic heterocycles. The van der Waals surface area contributed by atoms with Gasteiger partial charge in [0.2, 0.25) is 0 Å². The summed E-state index contributed by atoms with van der Waals surface area (Å²) in [5.74, 6) is 2.05. The van der Waals surface area contributed by atoms with E-state index in [-0.39, 0.29) is 20.4 Å². The van der Waals surface area contributed by atoms with Crippen LogP contribution < -0.4 is 9.80 Å². The number of hydrogen-bond donors (Lipinski definition) is 0. The summed E-state index contributed by atoms with van der Waals surface area (Å²) in [6.45, 7) is 40.6. The summed E-state index contributed by atoms with van der Waals surface area (Å²) in [7, 11) is -3.16. The van der Waals surface area contributed by atoms with E-state index in [1.807, 2.05) is 11.4 Å². The van der Waals surface area contributed by atoms with E-state index in [2.05, 4.69) is 155 Å². The maximum absolute atomic E-state index is 5.97. The van der Waals surface area contributed by atoms with E-state index in [1.165, 1.54) is 33.6 Å². The molecule has 0 amide bonds. The van der Waals surface area contributed by atoms with E-state index < -0.39 is 16.6 Å². The van der Waals surface area contributed by atoms with Gasteiger partial charge in [0.25, 0.3) is 0 Å². The first kappa shape index (κ1) is 39.6. The van der Waals surface area contributed by atoms with E-state index in [0.717, 1.165) is 6.67 Å². The summed E-state index contributed by atoms with van der Waals surface area (Å²) in [5, 5.41) is 0. The third kappa shape index (κ3) is 9.78. The second-order valence-electron chi connectivity index (χ2n) is 14.5. The Balaban J connectivity index is 0.000000658. The molecule has 3 rings (SSSR count). The fraction of sp³-hybridized carbons (Fsp3) is 0.568. The van der Waals surface area contributed by atoms with Gasteiger partial charge in [-0.05, 0) is 86.0 Å². The summed E-state index contributed by atoms with van der Waals surface area (Å²) < 4.78 is 5.97. The molecule has 244 valence electrons. The van der Waals surface area contributed by atoms with Crippen LogP contribution in [-0.2, 0) is 24.5 Å². The van der Waals surface area contributed by atoms with Gasteiger partial charge >= 0.3 is 0 Å². The molecular weight excluding hydrogens is 651 g/mol. The van der Waals surface area contributed by atoms with Gasteiger partial charge in [-0.25, -0.2) is 0 Å². The van der Waals surface area contributed by atoms with E-state index in [0.29, 0.717) is 35.8 Å². The second-order valence-corrected chi connectivity index (χ2v) is 22.5. The van der Waals surface area contributed by atoms with Crippen molar-refractivity contribution in [1.29, 1.82) is 0 Å². The van der Waals surface area contributed by atoms with Crippen LogP contribution in [0.3, 0.4) is 0 Å². The maximum atomic E-state index is 5.97. The standard InChI is InChI=1S/C29H44N2.C8H18OSi2.Pd/c1-18(2)24-13-11-14-25(19(3)4)28(24)30-17-31(23(10)22(30)9)29-26(20(5)6)15-12-16-27(29)21(7)8;1-7-10(3,4)9-11(5,6)8-2;/h11-16,18-23H,17H2,1-10H3;7-8H,1-2H2,3-6H3;. The van der Waals surface area contributed by atoms with Crippen LogP contribution in [-0.4, -0.2) is 35.4 Å². The minimum absolute atomic E-state index is 0. The Morgan fingerprint density at radius 3 is 1.09 bits per heavy atom. The van der Waals surface area contributed by atoms with Crippen LogP contribution in [0.4, 0.5) is 11.4 Å². The Labute approximate surface area is 282 Å². The molecule has 2 aromatic carbocycles. The van der Waals surface area contributed by atoms with Crippen LogP contribution in [0.5, 0.6) is 0 Å². The summed E-state index contributed by atoms with van der Waals surface area (Å²) >= 11 is 0. The molecule has 3 nitrogen and oxygen atoms in total. The predicted molar refractivity (Wildman–Crippen MR) is 194 cm³/mol. The third-order valence-electron chi connectivity index (χ3n) is 8.75. The molecule has 2 atom stereocenters. The van der Waals surface area contributed by atoms with Crippen molar-refractivity contribution in [1.82, 2.24) is 0 Å². The van der Waals surface area contributed by atoms with Crippen LogP contribution in [0.15, 0.2) is 61.0 Å². The van der Waals surface area contributed by atoms with Gasteiger partial charge in [0, 0.05) is 43.9 Å². The van der Waals surface area contributed by atoms with Crippen LogP contribution in [0.25, 0.3) is 0 Å². The first-order valence-corrected chi connectivity index (χ1v) is 22.1. The Morgan fingerprint density at radius 2 is 0.884 bits per heavy atom. The van der Waals surface area contributed by atoms with Gasteiger partial charge in [-0.1, -0.05) is 103 Å². The van der Waals surface area contributed by atoms with Gasteiger partial charge in [0.1, 0.15) is 0 Å². The van der Waals surface area contributed by atoms with Crippen molar-refractivity contribution in [3.8, 4) is 0 Å².